The van der Waals surface area contributed by atoms with Gasteiger partial charge in [-0.15, -0.1) is 0 Å². The van der Waals surface area contributed by atoms with Crippen molar-refractivity contribution in [3.05, 3.63) is 95.8 Å². The lowest BCUT2D eigenvalue weighted by atomic mass is 9.77. The Morgan fingerprint density at radius 3 is 2.24 bits per heavy atom. The predicted molar refractivity (Wildman–Crippen MR) is 155 cm³/mol. The number of benzene rings is 2. The predicted octanol–water partition coefficient (Wildman–Crippen LogP) is 4.76. The maximum absolute atomic E-state index is 12.7. The van der Waals surface area contributed by atoms with E-state index in [4.69, 9.17) is 15.2 Å². The SMILES string of the molecule is CCCC[C@](C)(c1ccc(-c2cnc(N)nc2)cc1)c1noc(-c2cnn(CCN3C(=O)c4ccccc4C3=O)c2)n1. The van der Waals surface area contributed by atoms with Crippen LogP contribution in [0.25, 0.3) is 22.6 Å². The third-order valence-electron chi connectivity index (χ3n) is 7.79. The molecule has 2 amide bonds. The van der Waals surface area contributed by atoms with Crippen molar-refractivity contribution in [2.24, 2.45) is 0 Å². The molecule has 0 spiro atoms. The Balaban J connectivity index is 1.19. The molecule has 0 saturated carbocycles. The number of carbonyl (C=O) groups is 2. The van der Waals surface area contributed by atoms with Crippen molar-refractivity contribution in [1.29, 1.82) is 0 Å². The van der Waals surface area contributed by atoms with Crippen LogP contribution in [0, 0.1) is 0 Å². The van der Waals surface area contributed by atoms with E-state index in [1.807, 2.05) is 12.1 Å². The summed E-state index contributed by atoms with van der Waals surface area (Å²) in [7, 11) is 0. The van der Waals surface area contributed by atoms with Gasteiger partial charge in [-0.05, 0) is 36.6 Å². The lowest BCUT2D eigenvalue weighted by Crippen LogP contribution is -2.33. The molecule has 6 rings (SSSR count). The summed E-state index contributed by atoms with van der Waals surface area (Å²) in [5.41, 5.74) is 9.62. The summed E-state index contributed by atoms with van der Waals surface area (Å²) in [6.45, 7) is 4.83. The van der Waals surface area contributed by atoms with Crippen LogP contribution in [0.3, 0.4) is 0 Å². The average Bonchev–Trinajstić information content (AvgIpc) is 3.75. The van der Waals surface area contributed by atoms with E-state index in [0.717, 1.165) is 36.0 Å². The smallest absolute Gasteiger partial charge is 0.261 e. The van der Waals surface area contributed by atoms with E-state index in [9.17, 15) is 9.59 Å². The number of nitrogen functional groups attached to an aromatic ring is 1. The number of imide groups is 1. The van der Waals surface area contributed by atoms with E-state index >= 15 is 0 Å². The molecule has 11 nitrogen and oxygen atoms in total. The van der Waals surface area contributed by atoms with E-state index < -0.39 is 5.41 Å². The van der Waals surface area contributed by atoms with Crippen LogP contribution in [0.1, 0.15) is 65.2 Å². The molecule has 2 aromatic carbocycles. The Morgan fingerprint density at radius 1 is 0.881 bits per heavy atom. The molecule has 4 heterocycles. The molecule has 0 saturated heterocycles. The molecule has 2 N–H and O–H groups in total. The van der Waals surface area contributed by atoms with E-state index in [0.29, 0.717) is 35.0 Å². The molecule has 3 aromatic heterocycles. The zero-order valence-corrected chi connectivity index (χ0v) is 23.4. The van der Waals surface area contributed by atoms with E-state index in [1.165, 1.54) is 4.90 Å². The first-order chi connectivity index (χ1) is 20.4. The van der Waals surface area contributed by atoms with E-state index in [1.54, 1.807) is 53.7 Å². The van der Waals surface area contributed by atoms with E-state index in [-0.39, 0.29) is 24.3 Å². The van der Waals surface area contributed by atoms with Gasteiger partial charge >= 0.3 is 0 Å². The molecule has 1 aliphatic rings. The number of hydrogen-bond acceptors (Lipinski definition) is 9. The summed E-state index contributed by atoms with van der Waals surface area (Å²) < 4.78 is 7.37. The van der Waals surface area contributed by atoms with Gasteiger partial charge < -0.3 is 10.3 Å². The number of aromatic nitrogens is 6. The van der Waals surface area contributed by atoms with Crippen LogP contribution in [0.5, 0.6) is 0 Å². The van der Waals surface area contributed by atoms with Gasteiger partial charge in [-0.2, -0.15) is 10.1 Å². The number of fused-ring (bicyclic) bond motifs is 1. The molecule has 212 valence electrons. The lowest BCUT2D eigenvalue weighted by molar-refractivity contribution is 0.0647. The minimum Gasteiger partial charge on any atom is -0.368 e. The topological polar surface area (TPSA) is 146 Å². The van der Waals surface area contributed by atoms with Crippen LogP contribution < -0.4 is 5.73 Å². The molecule has 42 heavy (non-hydrogen) atoms. The van der Waals surface area contributed by atoms with Crippen molar-refractivity contribution < 1.29 is 14.1 Å². The standard InChI is InChI=1S/C31H30N8O3/c1-3-4-13-31(2,23-11-9-20(10-12-23)21-16-33-30(32)34-17-21)29-36-26(42-37-29)22-18-35-38(19-22)14-15-39-27(40)24-7-5-6-8-25(24)28(39)41/h5-12,16-19H,3-4,13-15H2,1-2H3,(H2,32,33,34)/t31-/m1/s1. The van der Waals surface area contributed by atoms with Crippen molar-refractivity contribution in [3.63, 3.8) is 0 Å². The largest absolute Gasteiger partial charge is 0.368 e. The molecule has 5 aromatic rings. The lowest BCUT2D eigenvalue weighted by Gasteiger charge is -2.27. The van der Waals surface area contributed by atoms with E-state index in [2.05, 4.69) is 46.2 Å². The number of hydrogen-bond donors (Lipinski definition) is 1. The van der Waals surface area contributed by atoms with Crippen LogP contribution in [-0.4, -0.2) is 53.1 Å². The van der Waals surface area contributed by atoms with Crippen molar-refractivity contribution in [1.82, 2.24) is 34.8 Å². The first-order valence-corrected chi connectivity index (χ1v) is 13.9. The quantitative estimate of drug-likeness (QED) is 0.238. The summed E-state index contributed by atoms with van der Waals surface area (Å²) in [5, 5.41) is 8.79. The number of anilines is 1. The van der Waals surface area contributed by atoms with Gasteiger partial charge in [0.2, 0.25) is 5.95 Å². The number of rotatable bonds is 10. The maximum Gasteiger partial charge on any atom is 0.261 e. The summed E-state index contributed by atoms with van der Waals surface area (Å²) >= 11 is 0. The van der Waals surface area contributed by atoms with Crippen molar-refractivity contribution in [2.45, 2.75) is 45.1 Å². The minimum atomic E-state index is -0.477. The third kappa shape index (κ3) is 4.93. The van der Waals surface area contributed by atoms with Gasteiger partial charge in [-0.3, -0.25) is 19.2 Å². The van der Waals surface area contributed by atoms with Crippen LogP contribution in [0.15, 0.2) is 77.8 Å². The Hall–Kier alpha value is -5.19. The molecule has 1 atom stereocenters. The highest BCUT2D eigenvalue weighted by molar-refractivity contribution is 6.21. The molecule has 0 radical (unpaired) electrons. The number of nitrogens with zero attached hydrogens (tertiary/aromatic N) is 7. The fourth-order valence-electron chi connectivity index (χ4n) is 5.24. The second-order valence-electron chi connectivity index (χ2n) is 10.6. The van der Waals surface area contributed by atoms with Gasteiger partial charge in [0.15, 0.2) is 5.82 Å². The highest BCUT2D eigenvalue weighted by Gasteiger charge is 2.35. The molecule has 1 aliphatic heterocycles. The van der Waals surface area contributed by atoms with Crippen LogP contribution >= 0.6 is 0 Å². The Morgan fingerprint density at radius 2 is 1.57 bits per heavy atom. The fourth-order valence-corrected chi connectivity index (χ4v) is 5.24. The highest BCUT2D eigenvalue weighted by Crippen LogP contribution is 2.37. The fraction of sp³-hybridized carbons (Fsp3) is 0.258. The summed E-state index contributed by atoms with van der Waals surface area (Å²) in [4.78, 5) is 39.6. The average molecular weight is 563 g/mol. The first kappa shape index (κ1) is 27.0. The normalized spacial score (nSPS) is 14.3. The molecule has 0 fully saturated rings. The molecule has 0 bridgehead atoms. The van der Waals surface area contributed by atoms with Gasteiger partial charge in [0.25, 0.3) is 17.7 Å². The molecule has 0 aliphatic carbocycles. The molecular formula is C31H30N8O3. The zero-order chi connectivity index (χ0) is 29.3. The van der Waals surface area contributed by atoms with Crippen molar-refractivity contribution in [2.75, 3.05) is 12.3 Å². The summed E-state index contributed by atoms with van der Waals surface area (Å²) in [6, 6.07) is 15.1. The summed E-state index contributed by atoms with van der Waals surface area (Å²) in [6.07, 6.45) is 9.70. The second-order valence-corrected chi connectivity index (χ2v) is 10.6. The van der Waals surface area contributed by atoms with Crippen LogP contribution in [0.2, 0.25) is 0 Å². The Kier molecular flexibility index (Phi) is 7.07. The van der Waals surface area contributed by atoms with Gasteiger partial charge in [0.05, 0.1) is 34.8 Å². The summed E-state index contributed by atoms with van der Waals surface area (Å²) in [5.74, 6) is 0.615. The maximum atomic E-state index is 12.7. The highest BCUT2D eigenvalue weighted by atomic mass is 16.5. The number of unbranched alkanes of at least 4 members (excludes halogenated alkanes) is 1. The van der Waals surface area contributed by atoms with Gasteiger partial charge in [-0.1, -0.05) is 61.3 Å². The molecule has 0 unspecified atom stereocenters. The minimum absolute atomic E-state index is 0.204. The Bertz CT molecular complexity index is 1710. The Labute approximate surface area is 242 Å². The van der Waals surface area contributed by atoms with Gasteiger partial charge in [0.1, 0.15) is 0 Å². The second kappa shape index (κ2) is 11.0. The molecule has 11 heteroatoms. The van der Waals surface area contributed by atoms with Crippen molar-refractivity contribution in [3.8, 4) is 22.6 Å². The van der Waals surface area contributed by atoms with Crippen LogP contribution in [-0.2, 0) is 12.0 Å². The monoisotopic (exact) mass is 562 g/mol. The zero-order valence-electron chi connectivity index (χ0n) is 23.4. The van der Waals surface area contributed by atoms with Gasteiger partial charge in [-0.25, -0.2) is 9.97 Å². The first-order valence-electron chi connectivity index (χ1n) is 13.9. The number of carbonyl (C=O) groups excluding carboxylic acids is 2. The van der Waals surface area contributed by atoms with Crippen molar-refractivity contribution >= 4 is 17.8 Å². The number of nitrogens with two attached hydrogens (primary N) is 1. The number of amides is 2. The van der Waals surface area contributed by atoms with Gasteiger partial charge in [0, 0.05) is 30.7 Å². The third-order valence-corrected chi connectivity index (χ3v) is 7.79. The molecular weight excluding hydrogens is 532 g/mol. The van der Waals surface area contributed by atoms with Crippen LogP contribution in [0.4, 0.5) is 5.95 Å².